The standard InChI is InChI=1S/C10H13N3.2ClH/c11-4-3-7-6-13-10-5-8(12)1-2-9(7)10;;/h1-2,5-6,13H,3-4,11-12H2;2*1H. The highest BCUT2D eigenvalue weighted by Gasteiger charge is 2.01. The fourth-order valence-electron chi connectivity index (χ4n) is 1.57. The number of H-pyrrole nitrogens is 1. The van der Waals surface area contributed by atoms with Gasteiger partial charge >= 0.3 is 0 Å². The van der Waals surface area contributed by atoms with Crippen molar-refractivity contribution in [3.63, 3.8) is 0 Å². The van der Waals surface area contributed by atoms with Gasteiger partial charge in [-0.15, -0.1) is 24.8 Å². The molecule has 0 aliphatic heterocycles. The van der Waals surface area contributed by atoms with E-state index < -0.39 is 0 Å². The Hall–Kier alpha value is -0.900. The number of nitrogens with one attached hydrogen (secondary N) is 1. The van der Waals surface area contributed by atoms with Gasteiger partial charge in [0.05, 0.1) is 0 Å². The van der Waals surface area contributed by atoms with Gasteiger partial charge in [-0.2, -0.15) is 0 Å². The molecule has 0 aliphatic carbocycles. The molecule has 0 spiro atoms. The first-order valence-electron chi connectivity index (χ1n) is 4.37. The summed E-state index contributed by atoms with van der Waals surface area (Å²) in [6.07, 6.45) is 2.90. The van der Waals surface area contributed by atoms with E-state index in [1.165, 1.54) is 10.9 Å². The minimum Gasteiger partial charge on any atom is -0.399 e. The van der Waals surface area contributed by atoms with Gasteiger partial charge in [0.25, 0.3) is 0 Å². The lowest BCUT2D eigenvalue weighted by Crippen LogP contribution is -2.01. The van der Waals surface area contributed by atoms with Crippen LogP contribution in [0.3, 0.4) is 0 Å². The molecule has 5 heteroatoms. The maximum absolute atomic E-state index is 5.66. The van der Waals surface area contributed by atoms with Crippen LogP contribution in [0.1, 0.15) is 5.56 Å². The second-order valence-corrected chi connectivity index (χ2v) is 3.16. The van der Waals surface area contributed by atoms with Gasteiger partial charge in [0, 0.05) is 22.8 Å². The van der Waals surface area contributed by atoms with E-state index in [1.807, 2.05) is 24.4 Å². The van der Waals surface area contributed by atoms with Gasteiger partial charge in [-0.25, -0.2) is 0 Å². The highest BCUT2D eigenvalue weighted by Crippen LogP contribution is 2.20. The normalized spacial score (nSPS) is 9.40. The van der Waals surface area contributed by atoms with Crippen molar-refractivity contribution in [2.24, 2.45) is 5.73 Å². The van der Waals surface area contributed by atoms with Crippen molar-refractivity contribution in [1.29, 1.82) is 0 Å². The van der Waals surface area contributed by atoms with Crippen LogP contribution in [0.4, 0.5) is 5.69 Å². The van der Waals surface area contributed by atoms with Gasteiger partial charge in [-0.1, -0.05) is 6.07 Å². The van der Waals surface area contributed by atoms with Crippen LogP contribution >= 0.6 is 24.8 Å². The molecule has 2 rings (SSSR count). The number of fused-ring (bicyclic) bond motifs is 1. The molecule has 1 aromatic carbocycles. The third kappa shape index (κ3) is 2.78. The second kappa shape index (κ2) is 5.85. The van der Waals surface area contributed by atoms with Crippen LogP contribution in [0.15, 0.2) is 24.4 Å². The quantitative estimate of drug-likeness (QED) is 0.712. The van der Waals surface area contributed by atoms with E-state index in [1.54, 1.807) is 0 Å². The van der Waals surface area contributed by atoms with Crippen LogP contribution in [0.25, 0.3) is 10.9 Å². The van der Waals surface area contributed by atoms with E-state index >= 15 is 0 Å². The molecule has 1 aromatic heterocycles. The highest BCUT2D eigenvalue weighted by atomic mass is 35.5. The van der Waals surface area contributed by atoms with Gasteiger partial charge in [-0.05, 0) is 30.7 Å². The van der Waals surface area contributed by atoms with E-state index in [-0.39, 0.29) is 24.8 Å². The summed E-state index contributed by atoms with van der Waals surface area (Å²) in [5.74, 6) is 0. The van der Waals surface area contributed by atoms with Crippen LogP contribution in [0, 0.1) is 0 Å². The Labute approximate surface area is 101 Å². The lowest BCUT2D eigenvalue weighted by Gasteiger charge is -1.96. The Balaban J connectivity index is 0.000000980. The van der Waals surface area contributed by atoms with Gasteiger partial charge in [-0.3, -0.25) is 0 Å². The maximum Gasteiger partial charge on any atom is 0.0477 e. The average Bonchev–Trinajstić information content (AvgIpc) is 2.49. The summed E-state index contributed by atoms with van der Waals surface area (Å²) in [7, 11) is 0. The van der Waals surface area contributed by atoms with Crippen molar-refractivity contribution in [2.45, 2.75) is 6.42 Å². The number of anilines is 1. The van der Waals surface area contributed by atoms with Gasteiger partial charge in [0.1, 0.15) is 0 Å². The molecular weight excluding hydrogens is 233 g/mol. The zero-order valence-electron chi connectivity index (χ0n) is 8.19. The zero-order chi connectivity index (χ0) is 9.26. The molecule has 0 amide bonds. The SMILES string of the molecule is Cl.Cl.NCCc1c[nH]c2cc(N)ccc12. The highest BCUT2D eigenvalue weighted by molar-refractivity contribution is 5.86. The molecule has 84 valence electrons. The number of hydrogen-bond acceptors (Lipinski definition) is 2. The van der Waals surface area contributed by atoms with Crippen molar-refractivity contribution < 1.29 is 0 Å². The Kier molecular flexibility index (Phi) is 5.50. The first-order chi connectivity index (χ1) is 6.31. The molecule has 0 radical (unpaired) electrons. The summed E-state index contributed by atoms with van der Waals surface area (Å²) in [5.41, 5.74) is 14.3. The Morgan fingerprint density at radius 2 is 1.93 bits per heavy atom. The third-order valence-corrected chi connectivity index (χ3v) is 2.21. The predicted molar refractivity (Wildman–Crippen MR) is 70.0 cm³/mol. The molecule has 0 atom stereocenters. The average molecular weight is 248 g/mol. The van der Waals surface area contributed by atoms with Crippen LogP contribution in [-0.2, 0) is 6.42 Å². The topological polar surface area (TPSA) is 67.8 Å². The summed E-state index contributed by atoms with van der Waals surface area (Å²) < 4.78 is 0. The Bertz CT molecular complexity index is 426. The maximum atomic E-state index is 5.66. The molecule has 0 aliphatic rings. The molecule has 0 saturated heterocycles. The van der Waals surface area contributed by atoms with Crippen molar-refractivity contribution in [1.82, 2.24) is 4.98 Å². The van der Waals surface area contributed by atoms with Crippen molar-refractivity contribution >= 4 is 41.4 Å². The fourth-order valence-corrected chi connectivity index (χ4v) is 1.57. The Morgan fingerprint density at radius 1 is 1.20 bits per heavy atom. The number of benzene rings is 1. The number of aromatic nitrogens is 1. The minimum absolute atomic E-state index is 0. The number of rotatable bonds is 2. The summed E-state index contributed by atoms with van der Waals surface area (Å²) in [5, 5.41) is 1.22. The van der Waals surface area contributed by atoms with E-state index in [0.717, 1.165) is 17.6 Å². The largest absolute Gasteiger partial charge is 0.399 e. The molecule has 3 nitrogen and oxygen atoms in total. The summed E-state index contributed by atoms with van der Waals surface area (Å²) in [6.45, 7) is 0.678. The smallest absolute Gasteiger partial charge is 0.0477 e. The van der Waals surface area contributed by atoms with Crippen LogP contribution in [0.2, 0.25) is 0 Å². The number of halogens is 2. The first-order valence-corrected chi connectivity index (χ1v) is 4.37. The number of nitrogens with two attached hydrogens (primary N) is 2. The number of nitrogen functional groups attached to an aromatic ring is 1. The summed E-state index contributed by atoms with van der Waals surface area (Å²) in [4.78, 5) is 3.18. The van der Waals surface area contributed by atoms with E-state index in [4.69, 9.17) is 11.5 Å². The van der Waals surface area contributed by atoms with E-state index in [2.05, 4.69) is 4.98 Å². The predicted octanol–water partition coefficient (Wildman–Crippen LogP) is 2.09. The third-order valence-electron chi connectivity index (χ3n) is 2.21. The van der Waals surface area contributed by atoms with Crippen LogP contribution in [0.5, 0.6) is 0 Å². The first kappa shape index (κ1) is 14.1. The van der Waals surface area contributed by atoms with Gasteiger partial charge in [0.2, 0.25) is 0 Å². The zero-order valence-corrected chi connectivity index (χ0v) is 9.83. The fraction of sp³-hybridized carbons (Fsp3) is 0.200. The lowest BCUT2D eigenvalue weighted by atomic mass is 10.1. The molecule has 1 heterocycles. The molecule has 0 saturated carbocycles. The van der Waals surface area contributed by atoms with Crippen molar-refractivity contribution in [3.8, 4) is 0 Å². The summed E-state index contributed by atoms with van der Waals surface area (Å²) >= 11 is 0. The molecule has 0 bridgehead atoms. The van der Waals surface area contributed by atoms with Gasteiger partial charge in [0.15, 0.2) is 0 Å². The van der Waals surface area contributed by atoms with Crippen molar-refractivity contribution in [2.75, 3.05) is 12.3 Å². The minimum atomic E-state index is 0. The van der Waals surface area contributed by atoms with E-state index in [9.17, 15) is 0 Å². The van der Waals surface area contributed by atoms with Crippen LogP contribution < -0.4 is 11.5 Å². The van der Waals surface area contributed by atoms with Crippen LogP contribution in [-0.4, -0.2) is 11.5 Å². The summed E-state index contributed by atoms with van der Waals surface area (Å²) in [6, 6.07) is 5.89. The van der Waals surface area contributed by atoms with E-state index in [0.29, 0.717) is 6.54 Å². The second-order valence-electron chi connectivity index (χ2n) is 3.16. The molecule has 15 heavy (non-hydrogen) atoms. The monoisotopic (exact) mass is 247 g/mol. The molecule has 2 aromatic rings. The molecular formula is C10H15Cl2N3. The van der Waals surface area contributed by atoms with Gasteiger partial charge < -0.3 is 16.5 Å². The molecule has 0 unspecified atom stereocenters. The number of hydrogen-bond donors (Lipinski definition) is 3. The lowest BCUT2D eigenvalue weighted by molar-refractivity contribution is 0.976. The van der Waals surface area contributed by atoms with Crippen molar-refractivity contribution in [3.05, 3.63) is 30.0 Å². The Morgan fingerprint density at radius 3 is 2.60 bits per heavy atom. The molecule has 5 N–H and O–H groups in total. The molecule has 0 fully saturated rings. The number of aromatic amines is 1.